The number of halogens is 3. The van der Waals surface area contributed by atoms with Crippen LogP contribution in [-0.2, 0) is 20.0 Å². The molecule has 0 fully saturated rings. The zero-order chi connectivity index (χ0) is 17.7. The maximum atomic E-state index is 13.6. The first-order chi connectivity index (χ1) is 11.4. The summed E-state index contributed by atoms with van der Waals surface area (Å²) in [5.41, 5.74) is 1.62. The number of aliphatic imine (C=N–C) groups is 1. The van der Waals surface area contributed by atoms with Crippen LogP contribution in [-0.4, -0.2) is 36.1 Å². The Hall–Kier alpha value is -1.89. The minimum absolute atomic E-state index is 0.453. The van der Waals surface area contributed by atoms with Gasteiger partial charge in [-0.25, -0.2) is 8.78 Å². The van der Waals surface area contributed by atoms with Gasteiger partial charge in [0.05, 0.1) is 6.54 Å². The summed E-state index contributed by atoms with van der Waals surface area (Å²) in [5.74, 6) is -0.364. The van der Waals surface area contributed by atoms with Gasteiger partial charge in [0, 0.05) is 50.1 Å². The van der Waals surface area contributed by atoms with Crippen molar-refractivity contribution in [2.45, 2.75) is 13.0 Å². The van der Waals surface area contributed by atoms with E-state index in [0.29, 0.717) is 25.1 Å². The SMILES string of the molecule is CN=C(NCCc1ccc(F)cc1F)N(C)Cc1cc(Br)cn1C. The molecule has 0 spiro atoms. The van der Waals surface area contributed by atoms with E-state index in [1.165, 1.54) is 12.1 Å². The molecule has 2 rings (SSSR count). The van der Waals surface area contributed by atoms with Crippen LogP contribution in [0.5, 0.6) is 0 Å². The molecule has 0 atom stereocenters. The van der Waals surface area contributed by atoms with Crippen LogP contribution < -0.4 is 5.32 Å². The summed E-state index contributed by atoms with van der Waals surface area (Å²) < 4.78 is 29.6. The molecule has 1 heterocycles. The summed E-state index contributed by atoms with van der Waals surface area (Å²) in [5, 5.41) is 3.20. The molecule has 0 aliphatic rings. The maximum Gasteiger partial charge on any atom is 0.193 e. The average Bonchev–Trinajstić information content (AvgIpc) is 2.83. The Labute approximate surface area is 149 Å². The van der Waals surface area contributed by atoms with E-state index in [9.17, 15) is 8.78 Å². The Morgan fingerprint density at radius 1 is 1.33 bits per heavy atom. The van der Waals surface area contributed by atoms with Gasteiger partial charge in [-0.05, 0) is 40.0 Å². The molecule has 4 nitrogen and oxygen atoms in total. The molecule has 0 aliphatic heterocycles. The van der Waals surface area contributed by atoms with Gasteiger partial charge in [-0.15, -0.1) is 0 Å². The number of nitrogens with one attached hydrogen (secondary N) is 1. The van der Waals surface area contributed by atoms with E-state index in [1.54, 1.807) is 7.05 Å². The molecule has 130 valence electrons. The summed E-state index contributed by atoms with van der Waals surface area (Å²) in [6.45, 7) is 1.20. The van der Waals surface area contributed by atoms with Crippen molar-refractivity contribution in [3.8, 4) is 0 Å². The second kappa shape index (κ2) is 8.28. The molecular weight excluding hydrogens is 378 g/mol. The second-order valence-electron chi connectivity index (χ2n) is 5.58. The zero-order valence-corrected chi connectivity index (χ0v) is 15.6. The Kier molecular flexibility index (Phi) is 6.36. The largest absolute Gasteiger partial charge is 0.356 e. The molecular formula is C17H21BrF2N4. The van der Waals surface area contributed by atoms with Crippen LogP contribution in [0.15, 0.2) is 39.9 Å². The number of benzene rings is 1. The van der Waals surface area contributed by atoms with Gasteiger partial charge in [0.1, 0.15) is 11.6 Å². The maximum absolute atomic E-state index is 13.6. The number of hydrogen-bond acceptors (Lipinski definition) is 1. The van der Waals surface area contributed by atoms with E-state index in [-0.39, 0.29) is 0 Å². The summed E-state index contributed by atoms with van der Waals surface area (Å²) >= 11 is 3.46. The Morgan fingerprint density at radius 2 is 2.08 bits per heavy atom. The highest BCUT2D eigenvalue weighted by Gasteiger charge is 2.10. The predicted molar refractivity (Wildman–Crippen MR) is 96.0 cm³/mol. The molecule has 0 aliphatic carbocycles. The molecule has 24 heavy (non-hydrogen) atoms. The highest BCUT2D eigenvalue weighted by molar-refractivity contribution is 9.10. The van der Waals surface area contributed by atoms with Gasteiger partial charge in [0.2, 0.25) is 0 Å². The van der Waals surface area contributed by atoms with Crippen LogP contribution in [0.25, 0.3) is 0 Å². The van der Waals surface area contributed by atoms with Gasteiger partial charge in [-0.2, -0.15) is 0 Å². The topological polar surface area (TPSA) is 32.6 Å². The minimum Gasteiger partial charge on any atom is -0.356 e. The lowest BCUT2D eigenvalue weighted by Gasteiger charge is -2.22. The summed E-state index contributed by atoms with van der Waals surface area (Å²) in [6.07, 6.45) is 2.45. The standard InChI is InChI=1S/C17H21BrF2N4/c1-21-17(24(3)11-15-8-13(18)10-23(15)2)22-7-6-12-4-5-14(19)9-16(12)20/h4-5,8-10H,6-7,11H2,1-3H3,(H,21,22). The highest BCUT2D eigenvalue weighted by atomic mass is 79.9. The van der Waals surface area contributed by atoms with Crippen LogP contribution >= 0.6 is 15.9 Å². The minimum atomic E-state index is -0.562. The van der Waals surface area contributed by atoms with Crippen molar-refractivity contribution in [1.29, 1.82) is 0 Å². The smallest absolute Gasteiger partial charge is 0.193 e. The van der Waals surface area contributed by atoms with Crippen molar-refractivity contribution in [2.75, 3.05) is 20.6 Å². The van der Waals surface area contributed by atoms with Crippen LogP contribution in [0.3, 0.4) is 0 Å². The lowest BCUT2D eigenvalue weighted by Crippen LogP contribution is -2.39. The third-order valence-electron chi connectivity index (χ3n) is 3.74. The van der Waals surface area contributed by atoms with Crippen molar-refractivity contribution >= 4 is 21.9 Å². The van der Waals surface area contributed by atoms with E-state index in [1.807, 2.05) is 29.8 Å². The third-order valence-corrected chi connectivity index (χ3v) is 4.17. The van der Waals surface area contributed by atoms with E-state index in [4.69, 9.17) is 0 Å². The summed E-state index contributed by atoms with van der Waals surface area (Å²) in [7, 11) is 5.63. The number of hydrogen-bond donors (Lipinski definition) is 1. The van der Waals surface area contributed by atoms with Crippen molar-refractivity contribution in [3.05, 3.63) is 57.8 Å². The molecule has 0 bridgehead atoms. The fraction of sp³-hybridized carbons (Fsp3) is 0.353. The average molecular weight is 399 g/mol. The van der Waals surface area contributed by atoms with Crippen LogP contribution in [0, 0.1) is 11.6 Å². The number of rotatable bonds is 5. The first kappa shape index (κ1) is 18.4. The Balaban J connectivity index is 1.91. The fourth-order valence-corrected chi connectivity index (χ4v) is 3.03. The number of aryl methyl sites for hydroxylation is 1. The first-order valence-electron chi connectivity index (χ1n) is 7.57. The van der Waals surface area contributed by atoms with Crippen molar-refractivity contribution in [2.24, 2.45) is 12.0 Å². The van der Waals surface area contributed by atoms with Gasteiger partial charge < -0.3 is 14.8 Å². The lowest BCUT2D eigenvalue weighted by atomic mass is 10.1. The van der Waals surface area contributed by atoms with Gasteiger partial charge in [0.15, 0.2) is 5.96 Å². The number of guanidine groups is 1. The second-order valence-corrected chi connectivity index (χ2v) is 6.49. The van der Waals surface area contributed by atoms with Crippen LogP contribution in [0.2, 0.25) is 0 Å². The van der Waals surface area contributed by atoms with Crippen molar-refractivity contribution in [3.63, 3.8) is 0 Å². The molecule has 0 amide bonds. The Bertz CT molecular complexity index is 727. The monoisotopic (exact) mass is 398 g/mol. The molecule has 0 saturated carbocycles. The molecule has 1 aromatic heterocycles. The van der Waals surface area contributed by atoms with Crippen LogP contribution in [0.1, 0.15) is 11.3 Å². The fourth-order valence-electron chi connectivity index (χ4n) is 2.46. The first-order valence-corrected chi connectivity index (χ1v) is 8.36. The zero-order valence-electron chi connectivity index (χ0n) is 14.0. The number of nitrogens with zero attached hydrogens (tertiary/aromatic N) is 3. The van der Waals surface area contributed by atoms with E-state index in [2.05, 4.69) is 32.3 Å². The molecule has 7 heteroatoms. The van der Waals surface area contributed by atoms with Crippen molar-refractivity contribution in [1.82, 2.24) is 14.8 Å². The molecule has 1 N–H and O–H groups in total. The van der Waals surface area contributed by atoms with Crippen molar-refractivity contribution < 1.29 is 8.78 Å². The Morgan fingerprint density at radius 3 is 2.67 bits per heavy atom. The molecule has 1 aromatic carbocycles. The highest BCUT2D eigenvalue weighted by Crippen LogP contribution is 2.15. The molecule has 0 unspecified atom stereocenters. The van der Waals surface area contributed by atoms with Gasteiger partial charge in [0.25, 0.3) is 0 Å². The molecule has 0 radical (unpaired) electrons. The molecule has 2 aromatic rings. The van der Waals surface area contributed by atoms with E-state index < -0.39 is 11.6 Å². The van der Waals surface area contributed by atoms with Crippen LogP contribution in [0.4, 0.5) is 8.78 Å². The predicted octanol–water partition coefficient (Wildman–Crippen LogP) is 3.32. The summed E-state index contributed by atoms with van der Waals surface area (Å²) in [4.78, 5) is 6.23. The lowest BCUT2D eigenvalue weighted by molar-refractivity contribution is 0.462. The summed E-state index contributed by atoms with van der Waals surface area (Å²) in [6, 6.07) is 5.70. The quantitative estimate of drug-likeness (QED) is 0.618. The van der Waals surface area contributed by atoms with E-state index in [0.717, 1.165) is 22.2 Å². The molecule has 0 saturated heterocycles. The normalized spacial score (nSPS) is 11.7. The van der Waals surface area contributed by atoms with E-state index >= 15 is 0 Å². The van der Waals surface area contributed by atoms with Gasteiger partial charge in [-0.3, -0.25) is 4.99 Å². The third kappa shape index (κ3) is 4.80. The van der Waals surface area contributed by atoms with Gasteiger partial charge >= 0.3 is 0 Å². The number of aromatic nitrogens is 1. The van der Waals surface area contributed by atoms with Gasteiger partial charge in [-0.1, -0.05) is 6.07 Å².